The molecule has 0 aromatic carbocycles. The molecule has 0 amide bonds. The SMILES string of the molecule is CCN1CCCC(NCCOCC(F)(F)F)CC1. The van der Waals surface area contributed by atoms with Crippen LogP contribution >= 0.6 is 0 Å². The summed E-state index contributed by atoms with van der Waals surface area (Å²) in [5.74, 6) is 0. The Morgan fingerprint density at radius 2 is 2.06 bits per heavy atom. The third kappa shape index (κ3) is 7.18. The van der Waals surface area contributed by atoms with Gasteiger partial charge in [-0.3, -0.25) is 0 Å². The van der Waals surface area contributed by atoms with E-state index in [4.69, 9.17) is 0 Å². The van der Waals surface area contributed by atoms with E-state index in [-0.39, 0.29) is 6.61 Å². The van der Waals surface area contributed by atoms with Crippen molar-refractivity contribution in [2.24, 2.45) is 0 Å². The fraction of sp³-hybridized carbons (Fsp3) is 1.00. The lowest BCUT2D eigenvalue weighted by Gasteiger charge is -2.18. The summed E-state index contributed by atoms with van der Waals surface area (Å²) in [6.07, 6.45) is -0.915. The van der Waals surface area contributed by atoms with E-state index in [9.17, 15) is 13.2 Å². The molecule has 3 nitrogen and oxygen atoms in total. The number of nitrogens with one attached hydrogen (secondary N) is 1. The van der Waals surface area contributed by atoms with Gasteiger partial charge in [0.2, 0.25) is 0 Å². The minimum atomic E-state index is -4.22. The van der Waals surface area contributed by atoms with Gasteiger partial charge in [-0.2, -0.15) is 13.2 Å². The van der Waals surface area contributed by atoms with Crippen LogP contribution in [0.4, 0.5) is 13.2 Å². The second kappa shape index (κ2) is 7.96. The smallest absolute Gasteiger partial charge is 0.371 e. The lowest BCUT2D eigenvalue weighted by Crippen LogP contribution is -2.34. The summed E-state index contributed by atoms with van der Waals surface area (Å²) < 4.78 is 40.0. The molecule has 1 aliphatic heterocycles. The average Bonchev–Trinajstić information content (AvgIpc) is 2.52. The van der Waals surface area contributed by atoms with Crippen molar-refractivity contribution in [1.82, 2.24) is 10.2 Å². The zero-order valence-electron chi connectivity index (χ0n) is 10.9. The van der Waals surface area contributed by atoms with Crippen LogP contribution in [-0.2, 0) is 4.74 Å². The van der Waals surface area contributed by atoms with Gasteiger partial charge in [0, 0.05) is 12.6 Å². The largest absolute Gasteiger partial charge is 0.411 e. The Bertz CT molecular complexity index is 224. The molecule has 0 aromatic rings. The highest BCUT2D eigenvalue weighted by atomic mass is 19.4. The fourth-order valence-corrected chi connectivity index (χ4v) is 2.20. The zero-order chi connectivity index (χ0) is 13.4. The van der Waals surface area contributed by atoms with Crippen LogP contribution in [0.2, 0.25) is 0 Å². The van der Waals surface area contributed by atoms with Crippen LogP contribution in [0.25, 0.3) is 0 Å². The number of rotatable bonds is 6. The molecule has 6 heteroatoms. The molecular weight excluding hydrogens is 245 g/mol. The first-order chi connectivity index (χ1) is 8.51. The van der Waals surface area contributed by atoms with E-state index in [1.54, 1.807) is 0 Å². The third-order valence-corrected chi connectivity index (χ3v) is 3.21. The molecule has 1 saturated heterocycles. The van der Waals surface area contributed by atoms with Crippen molar-refractivity contribution < 1.29 is 17.9 Å². The summed E-state index contributed by atoms with van der Waals surface area (Å²) in [4.78, 5) is 2.40. The predicted molar refractivity (Wildman–Crippen MR) is 64.6 cm³/mol. The first kappa shape index (κ1) is 15.7. The van der Waals surface area contributed by atoms with Gasteiger partial charge < -0.3 is 15.0 Å². The monoisotopic (exact) mass is 268 g/mol. The van der Waals surface area contributed by atoms with E-state index in [1.165, 1.54) is 0 Å². The van der Waals surface area contributed by atoms with E-state index in [2.05, 4.69) is 21.9 Å². The molecule has 0 bridgehead atoms. The lowest BCUT2D eigenvalue weighted by molar-refractivity contribution is -0.173. The number of halogens is 3. The molecule has 0 saturated carbocycles. The van der Waals surface area contributed by atoms with Crippen LogP contribution < -0.4 is 5.32 Å². The summed E-state index contributed by atoms with van der Waals surface area (Å²) in [5.41, 5.74) is 0. The van der Waals surface area contributed by atoms with Gasteiger partial charge in [-0.1, -0.05) is 6.92 Å². The highest BCUT2D eigenvalue weighted by Crippen LogP contribution is 2.14. The maximum atomic E-state index is 11.8. The highest BCUT2D eigenvalue weighted by Gasteiger charge is 2.27. The Morgan fingerprint density at radius 3 is 2.72 bits per heavy atom. The topological polar surface area (TPSA) is 24.5 Å². The van der Waals surface area contributed by atoms with Crippen molar-refractivity contribution in [2.75, 3.05) is 39.4 Å². The molecule has 1 N–H and O–H groups in total. The number of hydrogen-bond donors (Lipinski definition) is 1. The summed E-state index contributed by atoms with van der Waals surface area (Å²) in [5, 5.41) is 3.27. The number of ether oxygens (including phenoxy) is 1. The second-order valence-electron chi connectivity index (χ2n) is 4.68. The predicted octanol–water partition coefficient (Wildman–Crippen LogP) is 2.03. The molecule has 1 unspecified atom stereocenters. The van der Waals surface area contributed by atoms with E-state index >= 15 is 0 Å². The van der Waals surface area contributed by atoms with Gasteiger partial charge in [-0.05, 0) is 38.9 Å². The van der Waals surface area contributed by atoms with Crippen LogP contribution in [0, 0.1) is 0 Å². The summed E-state index contributed by atoms with van der Waals surface area (Å²) in [6.45, 7) is 4.88. The first-order valence-corrected chi connectivity index (χ1v) is 6.61. The lowest BCUT2D eigenvalue weighted by atomic mass is 10.1. The summed E-state index contributed by atoms with van der Waals surface area (Å²) >= 11 is 0. The van der Waals surface area contributed by atoms with E-state index in [1.807, 2.05) is 0 Å². The molecule has 0 aliphatic carbocycles. The Hall–Kier alpha value is -0.330. The van der Waals surface area contributed by atoms with Crippen LogP contribution in [0.3, 0.4) is 0 Å². The van der Waals surface area contributed by atoms with Crippen molar-refractivity contribution in [1.29, 1.82) is 0 Å². The second-order valence-corrected chi connectivity index (χ2v) is 4.68. The van der Waals surface area contributed by atoms with Crippen molar-refractivity contribution in [2.45, 2.75) is 38.4 Å². The first-order valence-electron chi connectivity index (χ1n) is 6.61. The molecule has 0 spiro atoms. The maximum absolute atomic E-state index is 11.8. The number of likely N-dealkylation sites (tertiary alicyclic amines) is 1. The zero-order valence-corrected chi connectivity index (χ0v) is 10.9. The van der Waals surface area contributed by atoms with E-state index in [0.717, 1.165) is 38.9 Å². The minimum Gasteiger partial charge on any atom is -0.371 e. The van der Waals surface area contributed by atoms with Gasteiger partial charge in [0.25, 0.3) is 0 Å². The number of alkyl halides is 3. The standard InChI is InChI=1S/C12H23F3N2O/c1-2-17-7-3-4-11(5-8-17)16-6-9-18-10-12(13,14)15/h11,16H,2-10H2,1H3. The van der Waals surface area contributed by atoms with Gasteiger partial charge in [-0.25, -0.2) is 0 Å². The van der Waals surface area contributed by atoms with Gasteiger partial charge >= 0.3 is 6.18 Å². The van der Waals surface area contributed by atoms with Gasteiger partial charge in [-0.15, -0.1) is 0 Å². The quantitative estimate of drug-likeness (QED) is 0.746. The Labute approximate surface area is 107 Å². The Morgan fingerprint density at radius 1 is 1.28 bits per heavy atom. The molecule has 18 heavy (non-hydrogen) atoms. The maximum Gasteiger partial charge on any atom is 0.411 e. The van der Waals surface area contributed by atoms with E-state index < -0.39 is 12.8 Å². The Balaban J connectivity index is 2.05. The van der Waals surface area contributed by atoms with Crippen molar-refractivity contribution in [3.05, 3.63) is 0 Å². The molecular formula is C12H23F3N2O. The molecule has 1 fully saturated rings. The minimum absolute atomic E-state index is 0.119. The van der Waals surface area contributed by atoms with Crippen LogP contribution in [0.1, 0.15) is 26.2 Å². The molecule has 1 aliphatic rings. The molecule has 1 heterocycles. The van der Waals surface area contributed by atoms with E-state index in [0.29, 0.717) is 12.6 Å². The molecule has 0 radical (unpaired) electrons. The fourth-order valence-electron chi connectivity index (χ4n) is 2.20. The van der Waals surface area contributed by atoms with Gasteiger partial charge in [0.05, 0.1) is 6.61 Å². The van der Waals surface area contributed by atoms with Gasteiger partial charge in [0.1, 0.15) is 6.61 Å². The van der Waals surface area contributed by atoms with Crippen molar-refractivity contribution in [3.8, 4) is 0 Å². The third-order valence-electron chi connectivity index (χ3n) is 3.21. The average molecular weight is 268 g/mol. The normalized spacial score (nSPS) is 23.0. The Kier molecular flexibility index (Phi) is 6.96. The van der Waals surface area contributed by atoms with Crippen LogP contribution in [-0.4, -0.2) is 56.5 Å². The van der Waals surface area contributed by atoms with Crippen molar-refractivity contribution in [3.63, 3.8) is 0 Å². The summed E-state index contributed by atoms with van der Waals surface area (Å²) in [7, 11) is 0. The van der Waals surface area contributed by atoms with Crippen LogP contribution in [0.15, 0.2) is 0 Å². The van der Waals surface area contributed by atoms with Crippen LogP contribution in [0.5, 0.6) is 0 Å². The van der Waals surface area contributed by atoms with Crippen molar-refractivity contribution >= 4 is 0 Å². The molecule has 1 rings (SSSR count). The number of nitrogens with zero attached hydrogens (tertiary/aromatic N) is 1. The van der Waals surface area contributed by atoms with Gasteiger partial charge in [0.15, 0.2) is 0 Å². The molecule has 108 valence electrons. The highest BCUT2D eigenvalue weighted by molar-refractivity contribution is 4.74. The molecule has 0 aromatic heterocycles. The molecule has 1 atom stereocenters. The summed E-state index contributed by atoms with van der Waals surface area (Å²) in [6, 6.07) is 0.413. The number of hydrogen-bond acceptors (Lipinski definition) is 3.